The number of rotatable bonds is 9. The van der Waals surface area contributed by atoms with Gasteiger partial charge in [0.15, 0.2) is 0 Å². The third kappa shape index (κ3) is 8.94. The van der Waals surface area contributed by atoms with Crippen molar-refractivity contribution in [1.82, 2.24) is 5.32 Å². The van der Waals surface area contributed by atoms with E-state index < -0.39 is 27.8 Å². The number of nitrogens with two attached hydrogens (primary N) is 1. The van der Waals surface area contributed by atoms with E-state index in [-0.39, 0.29) is 18.6 Å². The summed E-state index contributed by atoms with van der Waals surface area (Å²) < 4.78 is 21.9. The van der Waals surface area contributed by atoms with E-state index in [0.717, 1.165) is 6.26 Å². The van der Waals surface area contributed by atoms with Gasteiger partial charge >= 0.3 is 5.97 Å². The molecule has 7 nitrogen and oxygen atoms in total. The molecule has 0 saturated heterocycles. The highest BCUT2D eigenvalue weighted by atomic mass is 32.2. The normalized spacial score (nSPS) is 13.0. The number of nitrogens with one attached hydrogen (secondary N) is 1. The summed E-state index contributed by atoms with van der Waals surface area (Å²) in [7, 11) is -3.24. The zero-order chi connectivity index (χ0) is 14.2. The van der Waals surface area contributed by atoms with Gasteiger partial charge < -0.3 is 16.2 Å². The molecule has 0 aliphatic carbocycles. The topological polar surface area (TPSA) is 127 Å². The lowest BCUT2D eigenvalue weighted by Gasteiger charge is -2.13. The van der Waals surface area contributed by atoms with Crippen molar-refractivity contribution in [2.75, 3.05) is 18.6 Å². The van der Waals surface area contributed by atoms with Gasteiger partial charge in [0.05, 0.1) is 5.75 Å². The largest absolute Gasteiger partial charge is 0.480 e. The van der Waals surface area contributed by atoms with Crippen LogP contribution in [0.3, 0.4) is 0 Å². The molecule has 1 atom stereocenters. The Morgan fingerprint density at radius 3 is 2.39 bits per heavy atom. The van der Waals surface area contributed by atoms with Crippen LogP contribution in [0.4, 0.5) is 0 Å². The number of carbonyl (C=O) groups excluding carboxylic acids is 1. The molecular weight excluding hydrogens is 260 g/mol. The molecule has 0 rings (SSSR count). The lowest BCUT2D eigenvalue weighted by atomic mass is 10.2. The second-order valence-electron chi connectivity index (χ2n) is 4.12. The Kier molecular flexibility index (Phi) is 7.53. The van der Waals surface area contributed by atoms with Crippen LogP contribution < -0.4 is 11.1 Å². The molecule has 0 fully saturated rings. The van der Waals surface area contributed by atoms with Gasteiger partial charge in [-0.05, 0) is 25.8 Å². The zero-order valence-electron chi connectivity index (χ0n) is 10.4. The van der Waals surface area contributed by atoms with E-state index in [1.54, 1.807) is 0 Å². The average Bonchev–Trinajstić information content (AvgIpc) is 2.22. The van der Waals surface area contributed by atoms with Crippen molar-refractivity contribution in [3.63, 3.8) is 0 Å². The number of carboxylic acid groups (broad SMARTS) is 1. The molecule has 0 aliphatic rings. The molecule has 4 N–H and O–H groups in total. The smallest absolute Gasteiger partial charge is 0.326 e. The number of hydrogen-bond acceptors (Lipinski definition) is 5. The third-order valence-corrected chi connectivity index (χ3v) is 3.25. The van der Waals surface area contributed by atoms with Crippen molar-refractivity contribution < 1.29 is 23.1 Å². The first-order valence-electron chi connectivity index (χ1n) is 5.66. The van der Waals surface area contributed by atoms with Crippen LogP contribution in [0.2, 0.25) is 0 Å². The Hall–Kier alpha value is -1.15. The first-order chi connectivity index (χ1) is 8.26. The van der Waals surface area contributed by atoms with Crippen LogP contribution in [0.1, 0.15) is 25.7 Å². The fourth-order valence-electron chi connectivity index (χ4n) is 1.29. The molecule has 1 unspecified atom stereocenters. The molecule has 0 aromatic carbocycles. The van der Waals surface area contributed by atoms with Gasteiger partial charge in [0.2, 0.25) is 5.91 Å². The van der Waals surface area contributed by atoms with Gasteiger partial charge in [-0.15, -0.1) is 0 Å². The number of unbranched alkanes of at least 4 members (excludes halogenated alkanes) is 1. The number of amides is 1. The van der Waals surface area contributed by atoms with Crippen LogP contribution in [0.25, 0.3) is 0 Å². The molecule has 0 aliphatic heterocycles. The van der Waals surface area contributed by atoms with Crippen LogP contribution in [-0.4, -0.2) is 50.0 Å². The summed E-state index contributed by atoms with van der Waals surface area (Å²) in [4.78, 5) is 22.2. The molecule has 0 aromatic rings. The molecule has 0 aromatic heterocycles. The minimum absolute atomic E-state index is 0.128. The van der Waals surface area contributed by atoms with E-state index in [4.69, 9.17) is 10.8 Å². The highest BCUT2D eigenvalue weighted by Crippen LogP contribution is 2.00. The van der Waals surface area contributed by atoms with Crippen LogP contribution in [0, 0.1) is 0 Å². The molecule has 1 amide bonds. The predicted octanol–water partition coefficient (Wildman–Crippen LogP) is -0.880. The summed E-state index contributed by atoms with van der Waals surface area (Å²) in [6, 6.07) is -1.16. The number of hydrogen-bond donors (Lipinski definition) is 3. The van der Waals surface area contributed by atoms with Crippen LogP contribution >= 0.6 is 0 Å². The van der Waals surface area contributed by atoms with Crippen molar-refractivity contribution in [1.29, 1.82) is 0 Å². The molecule has 106 valence electrons. The standard InChI is InChI=1S/C10H20N2O5S/c1-18(16,17)7-5-8(10(14)15)12-9(13)4-2-3-6-11/h8H,2-7,11H2,1H3,(H,12,13)(H,14,15). The Morgan fingerprint density at radius 2 is 1.94 bits per heavy atom. The van der Waals surface area contributed by atoms with Crippen molar-refractivity contribution in [2.24, 2.45) is 5.73 Å². The SMILES string of the molecule is CS(=O)(=O)CCC(NC(=O)CCCCN)C(=O)O. The lowest BCUT2D eigenvalue weighted by molar-refractivity contribution is -0.141. The van der Waals surface area contributed by atoms with Gasteiger partial charge in [0.1, 0.15) is 15.9 Å². The fourth-order valence-corrected chi connectivity index (χ4v) is 1.95. The first kappa shape index (κ1) is 16.9. The second kappa shape index (κ2) is 8.04. The van der Waals surface area contributed by atoms with Crippen molar-refractivity contribution in [3.05, 3.63) is 0 Å². The maximum absolute atomic E-state index is 11.4. The van der Waals surface area contributed by atoms with Gasteiger partial charge in [-0.25, -0.2) is 13.2 Å². The third-order valence-electron chi connectivity index (χ3n) is 2.27. The molecule has 0 bridgehead atoms. The van der Waals surface area contributed by atoms with Crippen LogP contribution in [0.15, 0.2) is 0 Å². The number of carbonyl (C=O) groups is 2. The lowest BCUT2D eigenvalue weighted by Crippen LogP contribution is -2.41. The molecule has 0 heterocycles. The Balaban J connectivity index is 4.19. The van der Waals surface area contributed by atoms with Crippen LogP contribution in [0.5, 0.6) is 0 Å². The maximum Gasteiger partial charge on any atom is 0.326 e. The second-order valence-corrected chi connectivity index (χ2v) is 6.38. The van der Waals surface area contributed by atoms with E-state index in [0.29, 0.717) is 19.4 Å². The van der Waals surface area contributed by atoms with Gasteiger partial charge in [-0.3, -0.25) is 4.79 Å². The Bertz CT molecular complexity index is 380. The van der Waals surface area contributed by atoms with Gasteiger partial charge in [0.25, 0.3) is 0 Å². The summed E-state index contributed by atoms with van der Waals surface area (Å²) in [6.07, 6.45) is 2.36. The molecule has 8 heteroatoms. The monoisotopic (exact) mass is 280 g/mol. The molecule has 0 saturated carbocycles. The van der Waals surface area contributed by atoms with E-state index in [2.05, 4.69) is 5.32 Å². The van der Waals surface area contributed by atoms with Gasteiger partial charge in [-0.2, -0.15) is 0 Å². The van der Waals surface area contributed by atoms with E-state index in [1.807, 2.05) is 0 Å². The summed E-state index contributed by atoms with van der Waals surface area (Å²) in [6.45, 7) is 0.476. The molecule has 0 spiro atoms. The molecule has 0 radical (unpaired) electrons. The van der Waals surface area contributed by atoms with Gasteiger partial charge in [0, 0.05) is 12.7 Å². The van der Waals surface area contributed by atoms with Gasteiger partial charge in [-0.1, -0.05) is 0 Å². The maximum atomic E-state index is 11.4. The fraction of sp³-hybridized carbons (Fsp3) is 0.800. The number of carboxylic acids is 1. The average molecular weight is 280 g/mol. The zero-order valence-corrected chi connectivity index (χ0v) is 11.2. The van der Waals surface area contributed by atoms with E-state index >= 15 is 0 Å². The summed E-state index contributed by atoms with van der Waals surface area (Å²) in [5.74, 6) is -1.90. The Morgan fingerprint density at radius 1 is 1.33 bits per heavy atom. The minimum atomic E-state index is -3.24. The quantitative estimate of drug-likeness (QED) is 0.471. The Labute approximate surface area is 107 Å². The number of sulfone groups is 1. The summed E-state index contributed by atoms with van der Waals surface area (Å²) in [5, 5.41) is 11.2. The molecule has 18 heavy (non-hydrogen) atoms. The van der Waals surface area contributed by atoms with Crippen molar-refractivity contribution >= 4 is 21.7 Å². The van der Waals surface area contributed by atoms with Crippen molar-refractivity contribution in [2.45, 2.75) is 31.7 Å². The first-order valence-corrected chi connectivity index (χ1v) is 7.72. The van der Waals surface area contributed by atoms with Crippen LogP contribution in [-0.2, 0) is 19.4 Å². The number of aliphatic carboxylic acids is 1. The molecular formula is C10H20N2O5S. The predicted molar refractivity (Wildman–Crippen MR) is 66.8 cm³/mol. The van der Waals surface area contributed by atoms with E-state index in [1.165, 1.54) is 0 Å². The van der Waals surface area contributed by atoms with Crippen molar-refractivity contribution in [3.8, 4) is 0 Å². The summed E-state index contributed by atoms with van der Waals surface area (Å²) in [5.41, 5.74) is 5.27. The minimum Gasteiger partial charge on any atom is -0.480 e. The summed E-state index contributed by atoms with van der Waals surface area (Å²) >= 11 is 0. The highest BCUT2D eigenvalue weighted by molar-refractivity contribution is 7.90. The highest BCUT2D eigenvalue weighted by Gasteiger charge is 2.21. The van der Waals surface area contributed by atoms with E-state index in [9.17, 15) is 18.0 Å².